The van der Waals surface area contributed by atoms with Crippen molar-refractivity contribution in [2.75, 3.05) is 0 Å². The van der Waals surface area contributed by atoms with Crippen LogP contribution in [-0.2, 0) is 6.42 Å². The van der Waals surface area contributed by atoms with Gasteiger partial charge in [0.05, 0.1) is 0 Å². The summed E-state index contributed by atoms with van der Waals surface area (Å²) in [6.07, 6.45) is 6.78. The zero-order valence-corrected chi connectivity index (χ0v) is 8.34. The Morgan fingerprint density at radius 1 is 1.27 bits per heavy atom. The molecule has 2 N–H and O–H groups in total. The van der Waals surface area contributed by atoms with E-state index in [2.05, 4.69) is 5.92 Å². The monoisotopic (exact) mass is 209 g/mol. The van der Waals surface area contributed by atoms with Crippen LogP contribution in [0.4, 0.5) is 8.78 Å². The molecular formula is C12H13F2N. The van der Waals surface area contributed by atoms with Gasteiger partial charge in [-0.2, -0.15) is 0 Å². The van der Waals surface area contributed by atoms with Crippen LogP contribution in [-0.4, -0.2) is 6.04 Å². The third-order valence-corrected chi connectivity index (χ3v) is 2.08. The number of terminal acetylenes is 1. The fourth-order valence-corrected chi connectivity index (χ4v) is 1.40. The second-order valence-corrected chi connectivity index (χ2v) is 3.48. The maximum absolute atomic E-state index is 12.8. The predicted octanol–water partition coefficient (Wildman–Crippen LogP) is 2.25. The standard InChI is InChI=1S/C12H13F2N/c1-2-3-4-12(15)7-9-5-10(13)8-11(14)6-9/h1,5-6,8,12H,3-4,7,15H2. The van der Waals surface area contributed by atoms with Gasteiger partial charge in [0.25, 0.3) is 0 Å². The van der Waals surface area contributed by atoms with Gasteiger partial charge in [-0.3, -0.25) is 0 Å². The van der Waals surface area contributed by atoms with Gasteiger partial charge in [-0.1, -0.05) is 0 Å². The Kier molecular flexibility index (Phi) is 4.26. The summed E-state index contributed by atoms with van der Waals surface area (Å²) in [4.78, 5) is 0. The van der Waals surface area contributed by atoms with Gasteiger partial charge in [0.15, 0.2) is 0 Å². The Bertz CT molecular complexity index is 348. The van der Waals surface area contributed by atoms with E-state index < -0.39 is 11.6 Å². The fraction of sp³-hybridized carbons (Fsp3) is 0.333. The van der Waals surface area contributed by atoms with E-state index in [-0.39, 0.29) is 6.04 Å². The van der Waals surface area contributed by atoms with Crippen molar-refractivity contribution in [3.63, 3.8) is 0 Å². The molecule has 0 saturated carbocycles. The average Bonchev–Trinajstić information content (AvgIpc) is 2.13. The number of hydrogen-bond donors (Lipinski definition) is 1. The van der Waals surface area contributed by atoms with Gasteiger partial charge in [0.2, 0.25) is 0 Å². The van der Waals surface area contributed by atoms with Crippen molar-refractivity contribution < 1.29 is 8.78 Å². The molecule has 0 aliphatic rings. The zero-order valence-electron chi connectivity index (χ0n) is 8.34. The minimum absolute atomic E-state index is 0.151. The molecule has 0 saturated heterocycles. The van der Waals surface area contributed by atoms with Gasteiger partial charge in [0.1, 0.15) is 11.6 Å². The van der Waals surface area contributed by atoms with Crippen molar-refractivity contribution >= 4 is 0 Å². The predicted molar refractivity (Wildman–Crippen MR) is 56.1 cm³/mol. The zero-order chi connectivity index (χ0) is 11.3. The molecule has 1 atom stereocenters. The van der Waals surface area contributed by atoms with E-state index in [9.17, 15) is 8.78 Å². The van der Waals surface area contributed by atoms with E-state index in [0.717, 1.165) is 6.07 Å². The first-order chi connectivity index (χ1) is 7.11. The van der Waals surface area contributed by atoms with Crippen molar-refractivity contribution in [3.8, 4) is 12.3 Å². The number of halogens is 2. The van der Waals surface area contributed by atoms with Gasteiger partial charge >= 0.3 is 0 Å². The molecule has 3 heteroatoms. The highest BCUT2D eigenvalue weighted by Crippen LogP contribution is 2.11. The molecule has 0 spiro atoms. The van der Waals surface area contributed by atoms with E-state index in [0.29, 0.717) is 24.8 Å². The molecule has 80 valence electrons. The van der Waals surface area contributed by atoms with E-state index in [1.54, 1.807) is 0 Å². The third kappa shape index (κ3) is 4.09. The van der Waals surface area contributed by atoms with Gasteiger partial charge in [0, 0.05) is 18.5 Å². The number of benzene rings is 1. The molecule has 0 bridgehead atoms. The molecule has 0 fully saturated rings. The van der Waals surface area contributed by atoms with E-state index in [1.165, 1.54) is 12.1 Å². The quantitative estimate of drug-likeness (QED) is 0.756. The minimum Gasteiger partial charge on any atom is -0.327 e. The molecule has 0 aliphatic heterocycles. The number of hydrogen-bond acceptors (Lipinski definition) is 1. The number of nitrogens with two attached hydrogens (primary N) is 1. The Balaban J connectivity index is 2.60. The minimum atomic E-state index is -0.575. The van der Waals surface area contributed by atoms with Crippen molar-refractivity contribution in [1.29, 1.82) is 0 Å². The topological polar surface area (TPSA) is 26.0 Å². The summed E-state index contributed by atoms with van der Waals surface area (Å²) in [5.74, 6) is 1.33. The first-order valence-electron chi connectivity index (χ1n) is 4.76. The van der Waals surface area contributed by atoms with Crippen LogP contribution in [0.1, 0.15) is 18.4 Å². The SMILES string of the molecule is C#CCCC(N)Cc1cc(F)cc(F)c1. The van der Waals surface area contributed by atoms with E-state index in [4.69, 9.17) is 12.2 Å². The van der Waals surface area contributed by atoms with Crippen LogP contribution in [0.5, 0.6) is 0 Å². The van der Waals surface area contributed by atoms with Crippen LogP contribution < -0.4 is 5.73 Å². The molecule has 1 aromatic carbocycles. The Morgan fingerprint density at radius 2 is 1.87 bits per heavy atom. The van der Waals surface area contributed by atoms with Crippen molar-refractivity contribution in [3.05, 3.63) is 35.4 Å². The summed E-state index contributed by atoms with van der Waals surface area (Å²) in [7, 11) is 0. The molecule has 1 nitrogen and oxygen atoms in total. The smallest absolute Gasteiger partial charge is 0.126 e. The first kappa shape index (κ1) is 11.7. The Labute approximate surface area is 88.3 Å². The van der Waals surface area contributed by atoms with Gasteiger partial charge in [-0.25, -0.2) is 8.78 Å². The fourth-order valence-electron chi connectivity index (χ4n) is 1.40. The largest absolute Gasteiger partial charge is 0.327 e. The van der Waals surface area contributed by atoms with Crippen LogP contribution in [0, 0.1) is 24.0 Å². The lowest BCUT2D eigenvalue weighted by Crippen LogP contribution is -2.22. The first-order valence-corrected chi connectivity index (χ1v) is 4.76. The lowest BCUT2D eigenvalue weighted by atomic mass is 10.0. The molecule has 0 radical (unpaired) electrons. The molecule has 1 unspecified atom stereocenters. The van der Waals surface area contributed by atoms with Crippen LogP contribution in [0.2, 0.25) is 0 Å². The van der Waals surface area contributed by atoms with Crippen LogP contribution >= 0.6 is 0 Å². The highest BCUT2D eigenvalue weighted by molar-refractivity contribution is 5.18. The summed E-state index contributed by atoms with van der Waals surface area (Å²) in [6, 6.07) is 3.27. The summed E-state index contributed by atoms with van der Waals surface area (Å²) in [5.41, 5.74) is 6.32. The lowest BCUT2D eigenvalue weighted by molar-refractivity contribution is 0.570. The van der Waals surface area contributed by atoms with Crippen LogP contribution in [0.3, 0.4) is 0 Å². The average molecular weight is 209 g/mol. The maximum Gasteiger partial charge on any atom is 0.126 e. The second kappa shape index (κ2) is 5.47. The molecule has 1 aromatic rings. The normalized spacial score (nSPS) is 12.1. The molecule has 0 heterocycles. The van der Waals surface area contributed by atoms with E-state index >= 15 is 0 Å². The van der Waals surface area contributed by atoms with Crippen molar-refractivity contribution in [1.82, 2.24) is 0 Å². The molecule has 0 amide bonds. The molecular weight excluding hydrogens is 196 g/mol. The highest BCUT2D eigenvalue weighted by Gasteiger charge is 2.06. The molecule has 0 aromatic heterocycles. The van der Waals surface area contributed by atoms with E-state index in [1.807, 2.05) is 0 Å². The maximum atomic E-state index is 12.8. The van der Waals surface area contributed by atoms with Gasteiger partial charge in [-0.05, 0) is 30.5 Å². The molecule has 15 heavy (non-hydrogen) atoms. The Morgan fingerprint density at radius 3 is 2.40 bits per heavy atom. The molecule has 1 rings (SSSR count). The van der Waals surface area contributed by atoms with Crippen LogP contribution in [0.15, 0.2) is 18.2 Å². The summed E-state index contributed by atoms with van der Waals surface area (Å²) in [6.45, 7) is 0. The highest BCUT2D eigenvalue weighted by atomic mass is 19.1. The van der Waals surface area contributed by atoms with Crippen molar-refractivity contribution in [2.24, 2.45) is 5.73 Å². The second-order valence-electron chi connectivity index (χ2n) is 3.48. The Hall–Kier alpha value is -1.40. The molecule has 0 aliphatic carbocycles. The summed E-state index contributed by atoms with van der Waals surface area (Å²) in [5, 5.41) is 0. The van der Waals surface area contributed by atoms with Gasteiger partial charge < -0.3 is 5.73 Å². The van der Waals surface area contributed by atoms with Crippen LogP contribution in [0.25, 0.3) is 0 Å². The van der Waals surface area contributed by atoms with Gasteiger partial charge in [-0.15, -0.1) is 12.3 Å². The number of rotatable bonds is 4. The summed E-state index contributed by atoms with van der Waals surface area (Å²) < 4.78 is 25.6. The third-order valence-electron chi connectivity index (χ3n) is 2.08. The lowest BCUT2D eigenvalue weighted by Gasteiger charge is -2.09. The summed E-state index contributed by atoms with van der Waals surface area (Å²) >= 11 is 0. The van der Waals surface area contributed by atoms with Crippen molar-refractivity contribution in [2.45, 2.75) is 25.3 Å².